The Hall–Kier alpha value is -2.80. The van der Waals surface area contributed by atoms with Gasteiger partial charge in [0.25, 0.3) is 11.5 Å². The lowest BCUT2D eigenvalue weighted by Crippen LogP contribution is -2.46. The molecule has 0 atom stereocenters. The summed E-state index contributed by atoms with van der Waals surface area (Å²) >= 11 is 6.47. The van der Waals surface area contributed by atoms with Crippen molar-refractivity contribution in [1.82, 2.24) is 14.3 Å². The van der Waals surface area contributed by atoms with E-state index in [1.807, 2.05) is 11.0 Å². The van der Waals surface area contributed by atoms with E-state index in [2.05, 4.69) is 0 Å². The summed E-state index contributed by atoms with van der Waals surface area (Å²) in [6.45, 7) is 2.55. The third-order valence-electron chi connectivity index (χ3n) is 6.31. The summed E-state index contributed by atoms with van der Waals surface area (Å²) in [5.74, 6) is -1.33. The molecule has 1 amide bonds. The number of anilines is 1. The third kappa shape index (κ3) is 4.70. The lowest BCUT2D eigenvalue weighted by Gasteiger charge is -2.38. The molecule has 0 unspecified atom stereocenters. The monoisotopic (exact) mass is 516 g/mol. The van der Waals surface area contributed by atoms with Gasteiger partial charge in [-0.3, -0.25) is 23.7 Å². The topological polar surface area (TPSA) is 114 Å². The molecule has 0 aromatic carbocycles. The Morgan fingerprint density at radius 1 is 1.23 bits per heavy atom. The Balaban J connectivity index is 1.48. The van der Waals surface area contributed by atoms with Crippen molar-refractivity contribution < 1.29 is 24.2 Å². The number of carboxylic acid groups (broad SMARTS) is 1. The predicted molar refractivity (Wildman–Crippen MR) is 134 cm³/mol. The highest BCUT2D eigenvalue weighted by Gasteiger charge is 2.41. The van der Waals surface area contributed by atoms with Gasteiger partial charge in [0.15, 0.2) is 5.79 Å². The lowest BCUT2D eigenvalue weighted by molar-refractivity contribution is -0.169. The minimum atomic E-state index is -0.928. The van der Waals surface area contributed by atoms with E-state index in [-0.39, 0.29) is 24.4 Å². The maximum Gasteiger partial charge on any atom is 0.303 e. The van der Waals surface area contributed by atoms with Gasteiger partial charge in [0, 0.05) is 45.1 Å². The van der Waals surface area contributed by atoms with Crippen molar-refractivity contribution in [2.24, 2.45) is 0 Å². The Labute approximate surface area is 210 Å². The molecule has 10 nitrogen and oxygen atoms in total. The molecule has 35 heavy (non-hydrogen) atoms. The highest BCUT2D eigenvalue weighted by molar-refractivity contribution is 8.26. The van der Waals surface area contributed by atoms with Crippen LogP contribution in [0.2, 0.25) is 0 Å². The average molecular weight is 517 g/mol. The highest BCUT2D eigenvalue weighted by Crippen LogP contribution is 2.36. The fraction of sp³-hybridized carbons (Fsp3) is 0.435. The zero-order valence-corrected chi connectivity index (χ0v) is 20.5. The van der Waals surface area contributed by atoms with Gasteiger partial charge in [-0.05, 0) is 24.6 Å². The predicted octanol–water partition coefficient (Wildman–Crippen LogP) is 2.10. The van der Waals surface area contributed by atoms with E-state index in [1.54, 1.807) is 24.4 Å². The van der Waals surface area contributed by atoms with Gasteiger partial charge in [0.2, 0.25) is 0 Å². The molecule has 3 aliphatic rings. The quantitative estimate of drug-likeness (QED) is 0.452. The van der Waals surface area contributed by atoms with Crippen molar-refractivity contribution in [3.63, 3.8) is 0 Å². The zero-order chi connectivity index (χ0) is 24.6. The molecule has 5 rings (SSSR count). The van der Waals surface area contributed by atoms with Crippen LogP contribution in [0.1, 0.15) is 31.2 Å². The number of rotatable bonds is 6. The molecule has 0 saturated carbocycles. The number of amides is 1. The van der Waals surface area contributed by atoms with Crippen molar-refractivity contribution >= 4 is 57.7 Å². The van der Waals surface area contributed by atoms with Crippen LogP contribution in [0, 0.1) is 0 Å². The summed E-state index contributed by atoms with van der Waals surface area (Å²) < 4.78 is 13.5. The number of carboxylic acids is 1. The molecular weight excluding hydrogens is 492 g/mol. The van der Waals surface area contributed by atoms with Gasteiger partial charge in [-0.25, -0.2) is 4.98 Å². The number of hydrogen-bond acceptors (Lipinski definition) is 9. The van der Waals surface area contributed by atoms with E-state index in [9.17, 15) is 14.4 Å². The number of piperidine rings is 1. The molecule has 0 aliphatic carbocycles. The largest absolute Gasteiger partial charge is 0.481 e. The number of nitrogens with zero attached hydrogens (tertiary/aromatic N) is 4. The summed E-state index contributed by atoms with van der Waals surface area (Å²) in [4.78, 5) is 45.9. The smallest absolute Gasteiger partial charge is 0.303 e. The summed E-state index contributed by atoms with van der Waals surface area (Å²) in [6.07, 6.45) is 4.74. The Kier molecular flexibility index (Phi) is 6.62. The van der Waals surface area contributed by atoms with Gasteiger partial charge in [-0.2, -0.15) is 0 Å². The molecule has 184 valence electrons. The number of thiocarbonyl (C=S) groups is 1. The minimum absolute atomic E-state index is 0.0555. The van der Waals surface area contributed by atoms with Crippen molar-refractivity contribution in [3.05, 3.63) is 45.2 Å². The van der Waals surface area contributed by atoms with Crippen molar-refractivity contribution in [3.8, 4) is 0 Å². The van der Waals surface area contributed by atoms with Crippen LogP contribution in [0.15, 0.2) is 34.1 Å². The van der Waals surface area contributed by atoms with E-state index in [0.717, 1.165) is 11.8 Å². The van der Waals surface area contributed by atoms with Crippen molar-refractivity contribution in [2.75, 3.05) is 37.7 Å². The van der Waals surface area contributed by atoms with E-state index >= 15 is 0 Å². The first-order valence-corrected chi connectivity index (χ1v) is 12.6. The number of ether oxygens (including phenoxy) is 2. The summed E-state index contributed by atoms with van der Waals surface area (Å²) in [7, 11) is 0. The average Bonchev–Trinajstić information content (AvgIpc) is 3.40. The molecule has 1 N–H and O–H groups in total. The van der Waals surface area contributed by atoms with Crippen molar-refractivity contribution in [1.29, 1.82) is 0 Å². The van der Waals surface area contributed by atoms with Gasteiger partial charge in [-0.15, -0.1) is 0 Å². The molecular formula is C23H24N4O6S2. The number of thioether (sulfide) groups is 1. The molecule has 5 heterocycles. The van der Waals surface area contributed by atoms with Gasteiger partial charge in [0.1, 0.15) is 15.8 Å². The molecule has 2 aromatic rings. The number of fused-ring (bicyclic) bond motifs is 1. The van der Waals surface area contributed by atoms with Gasteiger partial charge in [0.05, 0.1) is 23.7 Å². The molecule has 0 radical (unpaired) electrons. The maximum absolute atomic E-state index is 13.5. The Morgan fingerprint density at radius 2 is 1.97 bits per heavy atom. The van der Waals surface area contributed by atoms with E-state index in [0.29, 0.717) is 71.8 Å². The number of aliphatic carboxylic acids is 1. The summed E-state index contributed by atoms with van der Waals surface area (Å²) in [6, 6.07) is 5.34. The molecule has 3 aliphatic heterocycles. The first-order valence-electron chi connectivity index (χ1n) is 11.4. The fourth-order valence-corrected chi connectivity index (χ4v) is 5.81. The Morgan fingerprint density at radius 3 is 2.69 bits per heavy atom. The number of carbonyl (C=O) groups excluding carboxylic acids is 1. The fourth-order valence-electron chi connectivity index (χ4n) is 4.52. The zero-order valence-electron chi connectivity index (χ0n) is 18.8. The summed E-state index contributed by atoms with van der Waals surface area (Å²) in [5, 5.41) is 8.89. The van der Waals surface area contributed by atoms with Crippen LogP contribution in [0.5, 0.6) is 0 Å². The van der Waals surface area contributed by atoms with Crippen LogP contribution in [0.4, 0.5) is 5.82 Å². The van der Waals surface area contributed by atoms with Crippen LogP contribution in [0.25, 0.3) is 11.7 Å². The van der Waals surface area contributed by atoms with E-state index in [4.69, 9.17) is 31.8 Å². The number of aromatic nitrogens is 2. The van der Waals surface area contributed by atoms with Gasteiger partial charge in [-0.1, -0.05) is 30.0 Å². The molecule has 1 spiro atoms. The van der Waals surface area contributed by atoms with Crippen LogP contribution < -0.4 is 10.5 Å². The molecule has 12 heteroatoms. The second kappa shape index (κ2) is 9.69. The van der Waals surface area contributed by atoms with Crippen LogP contribution in [-0.2, 0) is 19.1 Å². The SMILES string of the molecule is O=C(O)CCCN1C(=O)C(=Cc2c(N3CCC4(CC3)OCCO4)nc3ccccn3c2=O)SC1=S. The van der Waals surface area contributed by atoms with Crippen molar-refractivity contribution in [2.45, 2.75) is 31.5 Å². The molecule has 3 saturated heterocycles. The number of hydrogen-bond donors (Lipinski definition) is 1. The van der Waals surface area contributed by atoms with E-state index < -0.39 is 11.8 Å². The lowest BCUT2D eigenvalue weighted by atomic mass is 10.0. The van der Waals surface area contributed by atoms with Gasteiger partial charge >= 0.3 is 5.97 Å². The number of carbonyl (C=O) groups is 2. The second-order valence-corrected chi connectivity index (χ2v) is 10.2. The minimum Gasteiger partial charge on any atom is -0.481 e. The highest BCUT2D eigenvalue weighted by atomic mass is 32.2. The van der Waals surface area contributed by atoms with Crippen LogP contribution >= 0.6 is 24.0 Å². The molecule has 2 aromatic heterocycles. The maximum atomic E-state index is 13.5. The Bertz CT molecular complexity index is 1280. The molecule has 0 bridgehead atoms. The van der Waals surface area contributed by atoms with Crippen LogP contribution in [-0.4, -0.2) is 74.2 Å². The third-order valence-corrected chi connectivity index (χ3v) is 7.69. The standard InChI is InChI=1S/C23H24N4O6S2/c28-18(29)5-3-9-27-21(31)16(35-22(27)34)14-15-19(24-17-4-1-2-8-26(17)20(15)30)25-10-6-23(7-11-25)32-12-13-33-23/h1-2,4,8,14H,3,5-7,9-13H2,(H,28,29). The normalized spacial score (nSPS) is 21.1. The van der Waals surface area contributed by atoms with Crippen LogP contribution in [0.3, 0.4) is 0 Å². The molecule has 3 fully saturated rings. The first kappa shape index (κ1) is 23.9. The second-order valence-electron chi connectivity index (χ2n) is 8.51. The van der Waals surface area contributed by atoms with E-state index in [1.165, 1.54) is 9.30 Å². The number of pyridine rings is 1. The van der Waals surface area contributed by atoms with Gasteiger partial charge < -0.3 is 19.5 Å². The summed E-state index contributed by atoms with van der Waals surface area (Å²) in [5.41, 5.74) is 0.541. The first-order chi connectivity index (χ1) is 16.9.